The molecule has 0 saturated heterocycles. The zero-order valence-corrected chi connectivity index (χ0v) is 12.7. The van der Waals surface area contributed by atoms with Gasteiger partial charge in [0.1, 0.15) is 11.5 Å². The van der Waals surface area contributed by atoms with E-state index < -0.39 is 6.10 Å². The second kappa shape index (κ2) is 8.79. The monoisotopic (exact) mass is 283 g/mol. The van der Waals surface area contributed by atoms with E-state index in [-0.39, 0.29) is 6.61 Å². The van der Waals surface area contributed by atoms with Gasteiger partial charge in [-0.25, -0.2) is 0 Å². The third-order valence-electron chi connectivity index (χ3n) is 2.82. The topological polar surface area (TPSA) is 60.0 Å². The van der Waals surface area contributed by atoms with E-state index in [1.165, 1.54) is 0 Å². The maximum Gasteiger partial charge on any atom is 0.124 e. The number of aliphatic hydroxyl groups excluding tert-OH is 1. The quantitative estimate of drug-likeness (QED) is 0.720. The molecular formula is C15H25NO4. The van der Waals surface area contributed by atoms with Gasteiger partial charge in [-0.05, 0) is 18.2 Å². The summed E-state index contributed by atoms with van der Waals surface area (Å²) in [5.74, 6) is 1.51. The normalized spacial score (nSPS) is 12.5. The highest BCUT2D eigenvalue weighted by atomic mass is 16.5. The van der Waals surface area contributed by atoms with Crippen LogP contribution in [0, 0.1) is 0 Å². The van der Waals surface area contributed by atoms with Crippen LogP contribution in [0.4, 0.5) is 0 Å². The molecule has 1 aromatic rings. The number of hydrogen-bond acceptors (Lipinski definition) is 5. The summed E-state index contributed by atoms with van der Waals surface area (Å²) in [5.41, 5.74) is 0.899. The summed E-state index contributed by atoms with van der Waals surface area (Å²) in [6.07, 6.45) is -0.519. The maximum absolute atomic E-state index is 9.76. The molecule has 0 spiro atoms. The minimum Gasteiger partial charge on any atom is -0.497 e. The molecule has 5 heteroatoms. The molecule has 0 aromatic heterocycles. The molecule has 0 bridgehead atoms. The van der Waals surface area contributed by atoms with Gasteiger partial charge < -0.3 is 24.6 Å². The SMILES string of the molecule is COc1ccc(OC)c(COCC(O)CNC(C)C)c1. The summed E-state index contributed by atoms with van der Waals surface area (Å²) in [6, 6.07) is 5.90. The van der Waals surface area contributed by atoms with Gasteiger partial charge in [-0.2, -0.15) is 0 Å². The summed E-state index contributed by atoms with van der Waals surface area (Å²) in [4.78, 5) is 0. The summed E-state index contributed by atoms with van der Waals surface area (Å²) in [5, 5.41) is 12.9. The predicted octanol–water partition coefficient (Wildman–Crippen LogP) is 1.58. The van der Waals surface area contributed by atoms with Crippen LogP contribution < -0.4 is 14.8 Å². The predicted molar refractivity (Wildman–Crippen MR) is 78.3 cm³/mol. The van der Waals surface area contributed by atoms with E-state index in [2.05, 4.69) is 5.32 Å². The number of rotatable bonds is 9. The first kappa shape index (κ1) is 16.8. The lowest BCUT2D eigenvalue weighted by molar-refractivity contribution is 0.0274. The van der Waals surface area contributed by atoms with Gasteiger partial charge in [0, 0.05) is 18.2 Å². The molecule has 114 valence electrons. The summed E-state index contributed by atoms with van der Waals surface area (Å²) in [6.45, 7) is 5.25. The van der Waals surface area contributed by atoms with Crippen LogP contribution >= 0.6 is 0 Å². The molecule has 1 aromatic carbocycles. The Morgan fingerprint density at radius 2 is 1.95 bits per heavy atom. The van der Waals surface area contributed by atoms with Crippen LogP contribution in [0.3, 0.4) is 0 Å². The molecule has 0 aliphatic heterocycles. The van der Waals surface area contributed by atoms with E-state index in [0.29, 0.717) is 19.2 Å². The molecule has 2 N–H and O–H groups in total. The molecule has 1 unspecified atom stereocenters. The van der Waals surface area contributed by atoms with Gasteiger partial charge >= 0.3 is 0 Å². The van der Waals surface area contributed by atoms with Crippen molar-refractivity contribution in [2.24, 2.45) is 0 Å². The summed E-state index contributed by atoms with van der Waals surface area (Å²) < 4.78 is 16.0. The van der Waals surface area contributed by atoms with Crippen LogP contribution in [0.25, 0.3) is 0 Å². The molecule has 0 heterocycles. The van der Waals surface area contributed by atoms with Gasteiger partial charge in [-0.1, -0.05) is 13.8 Å². The van der Waals surface area contributed by atoms with Crippen molar-refractivity contribution in [3.8, 4) is 11.5 Å². The van der Waals surface area contributed by atoms with Crippen LogP contribution in [-0.2, 0) is 11.3 Å². The minimum absolute atomic E-state index is 0.278. The number of hydrogen-bond donors (Lipinski definition) is 2. The number of aliphatic hydroxyl groups is 1. The first-order chi connectivity index (χ1) is 9.56. The zero-order valence-electron chi connectivity index (χ0n) is 12.7. The molecule has 0 radical (unpaired) electrons. The standard InChI is InChI=1S/C15H25NO4/c1-11(2)16-8-13(17)10-20-9-12-7-14(18-3)5-6-15(12)19-4/h5-7,11,13,16-17H,8-10H2,1-4H3. The highest BCUT2D eigenvalue weighted by Crippen LogP contribution is 2.24. The Morgan fingerprint density at radius 1 is 1.20 bits per heavy atom. The van der Waals surface area contributed by atoms with Crippen LogP contribution in [-0.4, -0.2) is 44.6 Å². The van der Waals surface area contributed by atoms with Crippen molar-refractivity contribution in [2.45, 2.75) is 32.6 Å². The van der Waals surface area contributed by atoms with Gasteiger partial charge in [0.15, 0.2) is 0 Å². The highest BCUT2D eigenvalue weighted by Gasteiger charge is 2.08. The van der Waals surface area contributed by atoms with Crippen molar-refractivity contribution >= 4 is 0 Å². The number of ether oxygens (including phenoxy) is 3. The number of nitrogens with one attached hydrogen (secondary N) is 1. The molecule has 0 fully saturated rings. The molecular weight excluding hydrogens is 258 g/mol. The summed E-state index contributed by atoms with van der Waals surface area (Å²) >= 11 is 0. The second-order valence-electron chi connectivity index (χ2n) is 4.91. The smallest absolute Gasteiger partial charge is 0.124 e. The van der Waals surface area contributed by atoms with Crippen LogP contribution in [0.5, 0.6) is 11.5 Å². The van der Waals surface area contributed by atoms with Crippen LogP contribution in [0.15, 0.2) is 18.2 Å². The lowest BCUT2D eigenvalue weighted by atomic mass is 10.2. The van der Waals surface area contributed by atoms with Gasteiger partial charge in [-0.15, -0.1) is 0 Å². The molecule has 0 aliphatic rings. The zero-order chi connectivity index (χ0) is 15.0. The van der Waals surface area contributed by atoms with Gasteiger partial charge in [0.05, 0.1) is 33.5 Å². The van der Waals surface area contributed by atoms with Crippen molar-refractivity contribution in [3.05, 3.63) is 23.8 Å². The van der Waals surface area contributed by atoms with Crippen molar-refractivity contribution in [1.82, 2.24) is 5.32 Å². The van der Waals surface area contributed by atoms with Gasteiger partial charge in [-0.3, -0.25) is 0 Å². The molecule has 1 rings (SSSR count). The highest BCUT2D eigenvalue weighted by molar-refractivity contribution is 5.39. The second-order valence-corrected chi connectivity index (χ2v) is 4.91. The fourth-order valence-corrected chi connectivity index (χ4v) is 1.73. The molecule has 1 atom stereocenters. The summed E-state index contributed by atoms with van der Waals surface area (Å²) in [7, 11) is 3.24. The Kier molecular flexibility index (Phi) is 7.36. The third kappa shape index (κ3) is 5.77. The fourth-order valence-electron chi connectivity index (χ4n) is 1.73. The van der Waals surface area contributed by atoms with Crippen molar-refractivity contribution in [3.63, 3.8) is 0 Å². The molecule has 0 amide bonds. The maximum atomic E-state index is 9.76. The van der Waals surface area contributed by atoms with E-state index >= 15 is 0 Å². The van der Waals surface area contributed by atoms with Crippen molar-refractivity contribution in [1.29, 1.82) is 0 Å². The largest absolute Gasteiger partial charge is 0.497 e. The molecule has 0 saturated carbocycles. The van der Waals surface area contributed by atoms with Crippen LogP contribution in [0.1, 0.15) is 19.4 Å². The van der Waals surface area contributed by atoms with E-state index in [1.807, 2.05) is 32.0 Å². The molecule has 20 heavy (non-hydrogen) atoms. The van der Waals surface area contributed by atoms with Gasteiger partial charge in [0.25, 0.3) is 0 Å². The molecule has 0 aliphatic carbocycles. The third-order valence-corrected chi connectivity index (χ3v) is 2.82. The fraction of sp³-hybridized carbons (Fsp3) is 0.600. The van der Waals surface area contributed by atoms with Crippen LogP contribution in [0.2, 0.25) is 0 Å². The molecule has 5 nitrogen and oxygen atoms in total. The van der Waals surface area contributed by atoms with Gasteiger partial charge in [0.2, 0.25) is 0 Å². The Labute approximate surface area is 120 Å². The average molecular weight is 283 g/mol. The minimum atomic E-state index is -0.519. The number of benzene rings is 1. The Balaban J connectivity index is 2.44. The first-order valence-electron chi connectivity index (χ1n) is 6.77. The lowest BCUT2D eigenvalue weighted by Crippen LogP contribution is -2.34. The Bertz CT molecular complexity index is 395. The van der Waals surface area contributed by atoms with E-state index in [9.17, 15) is 5.11 Å². The van der Waals surface area contributed by atoms with E-state index in [4.69, 9.17) is 14.2 Å². The Hall–Kier alpha value is -1.30. The van der Waals surface area contributed by atoms with E-state index in [1.54, 1.807) is 14.2 Å². The van der Waals surface area contributed by atoms with Crippen molar-refractivity contribution in [2.75, 3.05) is 27.4 Å². The van der Waals surface area contributed by atoms with Crippen molar-refractivity contribution < 1.29 is 19.3 Å². The Morgan fingerprint density at radius 3 is 2.55 bits per heavy atom. The lowest BCUT2D eigenvalue weighted by Gasteiger charge is -2.15. The first-order valence-corrected chi connectivity index (χ1v) is 6.77. The van der Waals surface area contributed by atoms with E-state index in [0.717, 1.165) is 17.1 Å². The average Bonchev–Trinajstić information content (AvgIpc) is 2.45. The number of methoxy groups -OCH3 is 2.